The molecule has 0 aliphatic carbocycles. The Morgan fingerprint density at radius 3 is 2.41 bits per heavy atom. The number of hydrogen-bond donors (Lipinski definition) is 1. The summed E-state index contributed by atoms with van der Waals surface area (Å²) in [6.45, 7) is 0. The fraction of sp³-hybridized carbons (Fsp3) is 0.125. The first-order valence-electron chi connectivity index (χ1n) is 10.1. The molecule has 0 spiro atoms. The van der Waals surface area contributed by atoms with Gasteiger partial charge in [0.05, 0.1) is 30.6 Å². The molecule has 1 amide bonds. The van der Waals surface area contributed by atoms with Crippen LogP contribution in [0.4, 0.5) is 5.69 Å². The maximum Gasteiger partial charge on any atom is 0.234 e. The number of hydrogen-bond acceptors (Lipinski definition) is 6. The fourth-order valence-corrected chi connectivity index (χ4v) is 4.40. The van der Waals surface area contributed by atoms with Crippen LogP contribution >= 0.6 is 35.0 Å². The monoisotopic (exact) mass is 514 g/mol. The predicted octanol–water partition coefficient (Wildman–Crippen LogP) is 5.99. The molecule has 7 nitrogen and oxygen atoms in total. The number of rotatable bonds is 8. The van der Waals surface area contributed by atoms with Crippen molar-refractivity contribution in [3.05, 3.63) is 76.8 Å². The lowest BCUT2D eigenvalue weighted by molar-refractivity contribution is -0.113. The molecule has 3 aromatic carbocycles. The van der Waals surface area contributed by atoms with E-state index in [1.54, 1.807) is 37.4 Å². The van der Waals surface area contributed by atoms with Gasteiger partial charge in [-0.25, -0.2) is 0 Å². The minimum atomic E-state index is -0.212. The van der Waals surface area contributed by atoms with Gasteiger partial charge in [-0.05, 0) is 54.6 Å². The van der Waals surface area contributed by atoms with Crippen LogP contribution in [0, 0.1) is 0 Å². The third kappa shape index (κ3) is 5.30. The molecule has 0 fully saturated rings. The standard InChI is InChI=1S/C24H20Cl2N4O3S/c1-32-20-6-4-3-5-18(20)23-28-29-24(30(23)17-10-7-15(25)8-11-17)34-14-22(31)27-16-9-12-21(33-2)19(26)13-16/h3-13H,14H2,1-2H3,(H,27,31). The lowest BCUT2D eigenvalue weighted by Crippen LogP contribution is -2.14. The Bertz CT molecular complexity index is 1310. The molecule has 1 heterocycles. The molecule has 0 unspecified atom stereocenters. The number of halogens is 2. The van der Waals surface area contributed by atoms with E-state index in [1.165, 1.54) is 18.9 Å². The number of methoxy groups -OCH3 is 2. The van der Waals surface area contributed by atoms with Crippen LogP contribution in [0.15, 0.2) is 71.9 Å². The summed E-state index contributed by atoms with van der Waals surface area (Å²) in [5.41, 5.74) is 2.15. The molecule has 0 aliphatic heterocycles. The fourth-order valence-electron chi connectivity index (χ4n) is 3.26. The Balaban J connectivity index is 1.60. The van der Waals surface area contributed by atoms with Crippen LogP contribution in [0.3, 0.4) is 0 Å². The van der Waals surface area contributed by atoms with Crippen LogP contribution in [-0.4, -0.2) is 40.6 Å². The minimum Gasteiger partial charge on any atom is -0.496 e. The number of aromatic nitrogens is 3. The van der Waals surface area contributed by atoms with E-state index in [4.69, 9.17) is 32.7 Å². The Hall–Kier alpha value is -3.20. The van der Waals surface area contributed by atoms with Crippen molar-refractivity contribution in [3.8, 4) is 28.6 Å². The van der Waals surface area contributed by atoms with E-state index in [1.807, 2.05) is 41.0 Å². The second-order valence-corrected chi connectivity index (χ2v) is 8.79. The Kier molecular flexibility index (Phi) is 7.62. The smallest absolute Gasteiger partial charge is 0.234 e. The summed E-state index contributed by atoms with van der Waals surface area (Å²) in [4.78, 5) is 12.6. The summed E-state index contributed by atoms with van der Waals surface area (Å²) in [6, 6.07) is 19.9. The average molecular weight is 515 g/mol. The number of amides is 1. The van der Waals surface area contributed by atoms with Gasteiger partial charge < -0.3 is 14.8 Å². The van der Waals surface area contributed by atoms with Crippen LogP contribution in [0.5, 0.6) is 11.5 Å². The number of carbonyl (C=O) groups excluding carboxylic acids is 1. The highest BCUT2D eigenvalue weighted by Crippen LogP contribution is 2.33. The van der Waals surface area contributed by atoms with Crippen LogP contribution in [0.1, 0.15) is 0 Å². The third-order valence-electron chi connectivity index (χ3n) is 4.83. The largest absolute Gasteiger partial charge is 0.496 e. The molecule has 0 bridgehead atoms. The van der Waals surface area contributed by atoms with Crippen molar-refractivity contribution in [2.75, 3.05) is 25.3 Å². The number of nitrogens with one attached hydrogen (secondary N) is 1. The van der Waals surface area contributed by atoms with Crippen molar-refractivity contribution in [1.82, 2.24) is 14.8 Å². The summed E-state index contributed by atoms with van der Waals surface area (Å²) in [6.07, 6.45) is 0. The Morgan fingerprint density at radius 2 is 1.71 bits per heavy atom. The molecule has 174 valence electrons. The molecular weight excluding hydrogens is 495 g/mol. The molecule has 4 rings (SSSR count). The molecule has 4 aromatic rings. The maximum atomic E-state index is 12.6. The number of para-hydroxylation sites is 1. The van der Waals surface area contributed by atoms with Crippen LogP contribution < -0.4 is 14.8 Å². The number of ether oxygens (including phenoxy) is 2. The highest BCUT2D eigenvalue weighted by molar-refractivity contribution is 7.99. The molecule has 0 aliphatic rings. The zero-order chi connectivity index (χ0) is 24.1. The zero-order valence-electron chi connectivity index (χ0n) is 18.3. The second kappa shape index (κ2) is 10.8. The molecule has 0 saturated heterocycles. The highest BCUT2D eigenvalue weighted by Gasteiger charge is 2.20. The quantitative estimate of drug-likeness (QED) is 0.291. The molecule has 0 saturated carbocycles. The third-order valence-corrected chi connectivity index (χ3v) is 6.31. The first kappa shape index (κ1) is 23.9. The van der Waals surface area contributed by atoms with Gasteiger partial charge in [-0.15, -0.1) is 10.2 Å². The van der Waals surface area contributed by atoms with Crippen molar-refractivity contribution in [3.63, 3.8) is 0 Å². The first-order chi connectivity index (χ1) is 16.5. The van der Waals surface area contributed by atoms with Crippen LogP contribution in [0.2, 0.25) is 10.0 Å². The van der Waals surface area contributed by atoms with Crippen molar-refractivity contribution >= 4 is 46.6 Å². The maximum absolute atomic E-state index is 12.6. The summed E-state index contributed by atoms with van der Waals surface area (Å²) in [7, 11) is 3.14. The van der Waals surface area contributed by atoms with Gasteiger partial charge in [0.2, 0.25) is 5.91 Å². The van der Waals surface area contributed by atoms with E-state index in [-0.39, 0.29) is 11.7 Å². The van der Waals surface area contributed by atoms with Gasteiger partial charge >= 0.3 is 0 Å². The van der Waals surface area contributed by atoms with Crippen molar-refractivity contribution < 1.29 is 14.3 Å². The Labute approximate surface area is 211 Å². The highest BCUT2D eigenvalue weighted by atomic mass is 35.5. The summed E-state index contributed by atoms with van der Waals surface area (Å²) in [5, 5.41) is 13.2. The van der Waals surface area contributed by atoms with Crippen LogP contribution in [-0.2, 0) is 4.79 Å². The van der Waals surface area contributed by atoms with Gasteiger partial charge in [-0.3, -0.25) is 9.36 Å². The number of anilines is 1. The lowest BCUT2D eigenvalue weighted by Gasteiger charge is -2.12. The van der Waals surface area contributed by atoms with E-state index in [0.717, 1.165) is 11.3 Å². The van der Waals surface area contributed by atoms with E-state index in [2.05, 4.69) is 15.5 Å². The van der Waals surface area contributed by atoms with E-state index in [0.29, 0.717) is 38.2 Å². The Morgan fingerprint density at radius 1 is 0.971 bits per heavy atom. The number of benzene rings is 3. The molecule has 34 heavy (non-hydrogen) atoms. The summed E-state index contributed by atoms with van der Waals surface area (Å²) in [5.74, 6) is 1.69. The molecule has 1 N–H and O–H groups in total. The number of thioether (sulfide) groups is 1. The van der Waals surface area contributed by atoms with Crippen LogP contribution in [0.25, 0.3) is 17.1 Å². The van der Waals surface area contributed by atoms with Gasteiger partial charge in [-0.2, -0.15) is 0 Å². The van der Waals surface area contributed by atoms with Crippen molar-refractivity contribution in [2.45, 2.75) is 5.16 Å². The van der Waals surface area contributed by atoms with Gasteiger partial charge in [-0.1, -0.05) is 47.1 Å². The number of carbonyl (C=O) groups is 1. The second-order valence-electron chi connectivity index (χ2n) is 7.00. The molecular formula is C24H20Cl2N4O3S. The van der Waals surface area contributed by atoms with Gasteiger partial charge in [0.1, 0.15) is 11.5 Å². The van der Waals surface area contributed by atoms with Crippen molar-refractivity contribution in [1.29, 1.82) is 0 Å². The van der Waals surface area contributed by atoms with Gasteiger partial charge in [0.15, 0.2) is 11.0 Å². The topological polar surface area (TPSA) is 78.3 Å². The minimum absolute atomic E-state index is 0.112. The summed E-state index contributed by atoms with van der Waals surface area (Å²) >= 11 is 13.5. The normalized spacial score (nSPS) is 10.7. The molecule has 1 aromatic heterocycles. The average Bonchev–Trinajstić information content (AvgIpc) is 3.27. The van der Waals surface area contributed by atoms with E-state index in [9.17, 15) is 4.79 Å². The summed E-state index contributed by atoms with van der Waals surface area (Å²) < 4.78 is 12.5. The first-order valence-corrected chi connectivity index (χ1v) is 11.8. The van der Waals surface area contributed by atoms with E-state index < -0.39 is 0 Å². The predicted molar refractivity (Wildman–Crippen MR) is 136 cm³/mol. The molecule has 0 atom stereocenters. The lowest BCUT2D eigenvalue weighted by atomic mass is 10.2. The van der Waals surface area contributed by atoms with Gasteiger partial charge in [0.25, 0.3) is 0 Å². The molecule has 0 radical (unpaired) electrons. The molecule has 10 heteroatoms. The van der Waals surface area contributed by atoms with Gasteiger partial charge in [0, 0.05) is 16.4 Å². The SMILES string of the molecule is COc1ccc(NC(=O)CSc2nnc(-c3ccccc3OC)n2-c2ccc(Cl)cc2)cc1Cl. The van der Waals surface area contributed by atoms with Crippen molar-refractivity contribution in [2.24, 2.45) is 0 Å². The number of nitrogens with zero attached hydrogens (tertiary/aromatic N) is 3. The van der Waals surface area contributed by atoms with E-state index >= 15 is 0 Å². The zero-order valence-corrected chi connectivity index (χ0v) is 20.6.